The van der Waals surface area contributed by atoms with E-state index in [1.807, 2.05) is 20.8 Å². The summed E-state index contributed by atoms with van der Waals surface area (Å²) >= 11 is 0. The first-order chi connectivity index (χ1) is 10.0. The van der Waals surface area contributed by atoms with Crippen LogP contribution in [0.15, 0.2) is 18.3 Å². The minimum atomic E-state index is -0.539. The molecule has 1 aliphatic rings. The first-order valence-corrected chi connectivity index (χ1v) is 7.25. The minimum absolute atomic E-state index is 0.0158. The summed E-state index contributed by atoms with van der Waals surface area (Å²) in [5, 5.41) is 3.08. The van der Waals surface area contributed by atoms with Crippen LogP contribution in [-0.4, -0.2) is 40.4 Å². The zero-order valence-electron chi connectivity index (χ0n) is 12.6. The van der Waals surface area contributed by atoms with Crippen LogP contribution in [0, 0.1) is 0 Å². The van der Waals surface area contributed by atoms with Crippen molar-refractivity contribution < 1.29 is 14.3 Å². The molecule has 21 heavy (non-hydrogen) atoms. The second-order valence-corrected chi connectivity index (χ2v) is 5.31. The first-order valence-electron chi connectivity index (χ1n) is 7.25. The molecule has 0 saturated carbocycles. The van der Waals surface area contributed by atoms with Crippen molar-refractivity contribution in [2.75, 3.05) is 11.9 Å². The van der Waals surface area contributed by atoms with Gasteiger partial charge in [-0.25, -0.2) is 4.98 Å². The summed E-state index contributed by atoms with van der Waals surface area (Å²) in [5.74, 6) is 0.137. The fourth-order valence-corrected chi connectivity index (χ4v) is 2.26. The number of nitrogens with one attached hydrogen (secondary N) is 1. The Morgan fingerprint density at radius 2 is 2.24 bits per heavy atom. The third-order valence-corrected chi connectivity index (χ3v) is 3.14. The number of ether oxygens (including phenoxy) is 1. The highest BCUT2D eigenvalue weighted by molar-refractivity contribution is 6.06. The molecular weight excluding hydrogens is 270 g/mol. The minimum Gasteiger partial charge on any atom is -0.473 e. The standard InChI is InChI=1S/C15H21N3O3/c1-4-8-18-13(19)9-12(15(18)20)17-11-6-5-7-16-14(11)21-10(2)3/h5-7,10,12,17H,4,8-9H2,1-3H3. The van der Waals surface area contributed by atoms with Crippen LogP contribution < -0.4 is 10.1 Å². The molecule has 0 bridgehead atoms. The van der Waals surface area contributed by atoms with Crippen molar-refractivity contribution in [3.63, 3.8) is 0 Å². The van der Waals surface area contributed by atoms with Gasteiger partial charge in [-0.15, -0.1) is 0 Å². The average molecular weight is 291 g/mol. The molecule has 1 aliphatic heterocycles. The van der Waals surface area contributed by atoms with Gasteiger partial charge in [0.1, 0.15) is 6.04 Å². The summed E-state index contributed by atoms with van der Waals surface area (Å²) in [7, 11) is 0. The van der Waals surface area contributed by atoms with E-state index in [-0.39, 0.29) is 24.3 Å². The molecule has 6 nitrogen and oxygen atoms in total. The highest BCUT2D eigenvalue weighted by atomic mass is 16.5. The average Bonchev–Trinajstić information content (AvgIpc) is 2.69. The number of hydrogen-bond acceptors (Lipinski definition) is 5. The summed E-state index contributed by atoms with van der Waals surface area (Å²) in [6, 6.07) is 3.02. The van der Waals surface area contributed by atoms with Crippen molar-refractivity contribution in [1.29, 1.82) is 0 Å². The quantitative estimate of drug-likeness (QED) is 0.809. The Bertz CT molecular complexity index is 531. The number of carbonyl (C=O) groups is 2. The second kappa shape index (κ2) is 6.56. The van der Waals surface area contributed by atoms with Crippen molar-refractivity contribution in [3.8, 4) is 5.88 Å². The van der Waals surface area contributed by atoms with Crippen molar-refractivity contribution >= 4 is 17.5 Å². The fraction of sp³-hybridized carbons (Fsp3) is 0.533. The largest absolute Gasteiger partial charge is 0.473 e. The molecule has 0 radical (unpaired) electrons. The van der Waals surface area contributed by atoms with Crippen LogP contribution in [-0.2, 0) is 9.59 Å². The molecule has 1 aromatic rings. The molecule has 1 saturated heterocycles. The van der Waals surface area contributed by atoms with Gasteiger partial charge in [-0.1, -0.05) is 6.92 Å². The molecule has 2 heterocycles. The Labute approximate surface area is 124 Å². The normalized spacial score (nSPS) is 18.5. The number of likely N-dealkylation sites (tertiary alicyclic amines) is 1. The molecule has 6 heteroatoms. The number of aromatic nitrogens is 1. The van der Waals surface area contributed by atoms with E-state index in [0.29, 0.717) is 18.1 Å². The van der Waals surface area contributed by atoms with Gasteiger partial charge in [0.25, 0.3) is 5.91 Å². The zero-order valence-corrected chi connectivity index (χ0v) is 12.6. The van der Waals surface area contributed by atoms with Crippen molar-refractivity contribution in [2.45, 2.75) is 45.8 Å². The maximum atomic E-state index is 12.2. The van der Waals surface area contributed by atoms with Crippen LogP contribution in [0.3, 0.4) is 0 Å². The van der Waals surface area contributed by atoms with Crippen LogP contribution in [0.5, 0.6) is 5.88 Å². The van der Waals surface area contributed by atoms with Gasteiger partial charge in [0.2, 0.25) is 11.8 Å². The number of anilines is 1. The van der Waals surface area contributed by atoms with Gasteiger partial charge in [0.15, 0.2) is 0 Å². The molecule has 1 atom stereocenters. The first kappa shape index (κ1) is 15.3. The summed E-state index contributed by atoms with van der Waals surface area (Å²) in [6.45, 7) is 6.23. The number of amides is 2. The Morgan fingerprint density at radius 3 is 2.90 bits per heavy atom. The number of pyridine rings is 1. The summed E-state index contributed by atoms with van der Waals surface area (Å²) in [6.07, 6.45) is 2.56. The van der Waals surface area contributed by atoms with Crippen LogP contribution in [0.2, 0.25) is 0 Å². The maximum absolute atomic E-state index is 12.2. The van der Waals surface area contributed by atoms with Gasteiger partial charge >= 0.3 is 0 Å². The zero-order chi connectivity index (χ0) is 15.4. The molecule has 0 aliphatic carbocycles. The van der Waals surface area contributed by atoms with E-state index in [9.17, 15) is 9.59 Å². The number of hydrogen-bond donors (Lipinski definition) is 1. The third-order valence-electron chi connectivity index (χ3n) is 3.14. The van der Waals surface area contributed by atoms with Gasteiger partial charge in [-0.2, -0.15) is 0 Å². The number of rotatable bonds is 6. The SMILES string of the molecule is CCCN1C(=O)CC(Nc2cccnc2OC(C)C)C1=O. The monoisotopic (exact) mass is 291 g/mol. The van der Waals surface area contributed by atoms with Gasteiger partial charge in [-0.05, 0) is 32.4 Å². The van der Waals surface area contributed by atoms with E-state index in [0.717, 1.165) is 6.42 Å². The second-order valence-electron chi connectivity index (χ2n) is 5.31. The van der Waals surface area contributed by atoms with Gasteiger partial charge < -0.3 is 10.1 Å². The predicted molar refractivity (Wildman–Crippen MR) is 79.0 cm³/mol. The van der Waals surface area contributed by atoms with E-state index in [4.69, 9.17) is 4.74 Å². The molecule has 1 fully saturated rings. The molecule has 2 rings (SSSR count). The van der Waals surface area contributed by atoms with E-state index in [1.165, 1.54) is 4.90 Å². The van der Waals surface area contributed by atoms with Crippen molar-refractivity contribution in [3.05, 3.63) is 18.3 Å². The van der Waals surface area contributed by atoms with Crippen LogP contribution in [0.1, 0.15) is 33.6 Å². The molecule has 114 valence electrons. The number of imide groups is 1. The highest BCUT2D eigenvalue weighted by Gasteiger charge is 2.38. The topological polar surface area (TPSA) is 71.5 Å². The lowest BCUT2D eigenvalue weighted by atomic mass is 10.2. The lowest BCUT2D eigenvalue weighted by molar-refractivity contribution is -0.138. The molecular formula is C15H21N3O3. The van der Waals surface area contributed by atoms with E-state index < -0.39 is 6.04 Å². The summed E-state index contributed by atoms with van der Waals surface area (Å²) in [5.41, 5.74) is 0.635. The van der Waals surface area contributed by atoms with Gasteiger partial charge in [0.05, 0.1) is 18.2 Å². The van der Waals surface area contributed by atoms with Gasteiger partial charge in [-0.3, -0.25) is 14.5 Å². The third kappa shape index (κ3) is 3.51. The van der Waals surface area contributed by atoms with E-state index in [1.54, 1.807) is 18.3 Å². The molecule has 1 N–H and O–H groups in total. The Kier molecular flexibility index (Phi) is 4.77. The maximum Gasteiger partial charge on any atom is 0.252 e. The Balaban J connectivity index is 2.12. The molecule has 1 aromatic heterocycles. The number of nitrogens with zero attached hydrogens (tertiary/aromatic N) is 2. The van der Waals surface area contributed by atoms with Crippen LogP contribution in [0.4, 0.5) is 5.69 Å². The number of carbonyl (C=O) groups excluding carboxylic acids is 2. The molecule has 0 spiro atoms. The van der Waals surface area contributed by atoms with E-state index >= 15 is 0 Å². The molecule has 2 amide bonds. The molecule has 0 aromatic carbocycles. The van der Waals surface area contributed by atoms with E-state index in [2.05, 4.69) is 10.3 Å². The van der Waals surface area contributed by atoms with Crippen molar-refractivity contribution in [2.24, 2.45) is 0 Å². The summed E-state index contributed by atoms with van der Waals surface area (Å²) in [4.78, 5) is 29.6. The Morgan fingerprint density at radius 1 is 1.48 bits per heavy atom. The lowest BCUT2D eigenvalue weighted by Gasteiger charge is -2.17. The van der Waals surface area contributed by atoms with Crippen LogP contribution >= 0.6 is 0 Å². The van der Waals surface area contributed by atoms with Crippen molar-refractivity contribution in [1.82, 2.24) is 9.88 Å². The molecule has 1 unspecified atom stereocenters. The lowest BCUT2D eigenvalue weighted by Crippen LogP contribution is -2.35. The van der Waals surface area contributed by atoms with Crippen LogP contribution in [0.25, 0.3) is 0 Å². The Hall–Kier alpha value is -2.11. The highest BCUT2D eigenvalue weighted by Crippen LogP contribution is 2.25. The smallest absolute Gasteiger partial charge is 0.252 e. The van der Waals surface area contributed by atoms with Gasteiger partial charge in [0, 0.05) is 12.7 Å². The predicted octanol–water partition coefficient (Wildman–Crippen LogP) is 1.82. The fourth-order valence-electron chi connectivity index (χ4n) is 2.26. The summed E-state index contributed by atoms with van der Waals surface area (Å²) < 4.78 is 5.61.